The molecule has 0 atom stereocenters. The maximum Gasteiger partial charge on any atom is 0.00755 e. The molecule has 0 aliphatic rings. The highest BCUT2D eigenvalue weighted by Crippen LogP contribution is 2.28. The molecule has 0 aliphatic carbocycles. The van der Waals surface area contributed by atoms with Gasteiger partial charge in [0.05, 0.1) is 0 Å². The van der Waals surface area contributed by atoms with Crippen molar-refractivity contribution < 1.29 is 0 Å². The summed E-state index contributed by atoms with van der Waals surface area (Å²) in [7, 11) is 0. The molecule has 0 spiro atoms. The Hall–Kier alpha value is -1.47. The van der Waals surface area contributed by atoms with Crippen LogP contribution in [0.1, 0.15) is 25.3 Å². The van der Waals surface area contributed by atoms with E-state index in [2.05, 4.69) is 68.6 Å². The highest BCUT2D eigenvalue weighted by Gasteiger charge is 2.03. The van der Waals surface area contributed by atoms with Gasteiger partial charge < -0.3 is 0 Å². The molecule has 0 saturated carbocycles. The summed E-state index contributed by atoms with van der Waals surface area (Å²) in [5.74, 6) is 0.582. The first-order valence-corrected chi connectivity index (χ1v) is 7.91. The first-order valence-electron chi connectivity index (χ1n) is 6.69. The van der Waals surface area contributed by atoms with Crippen molar-refractivity contribution in [3.05, 3.63) is 54.1 Å². The summed E-state index contributed by atoms with van der Waals surface area (Å²) in [6, 6.07) is 18.1. The lowest BCUT2D eigenvalue weighted by atomic mass is 9.97. The van der Waals surface area contributed by atoms with Crippen LogP contribution in [0.2, 0.25) is 0 Å². The number of hydrogen-bond donors (Lipinski definition) is 0. The third kappa shape index (κ3) is 2.35. The Bertz CT molecular complexity index is 741. The van der Waals surface area contributed by atoms with Gasteiger partial charge in [0.15, 0.2) is 0 Å². The van der Waals surface area contributed by atoms with E-state index in [0.29, 0.717) is 5.92 Å². The molecule has 0 heterocycles. The van der Waals surface area contributed by atoms with Gasteiger partial charge in [-0.1, -0.05) is 38.1 Å². The van der Waals surface area contributed by atoms with Crippen LogP contribution in [0.25, 0.3) is 21.5 Å². The summed E-state index contributed by atoms with van der Waals surface area (Å²) >= 11 is 1.80. The molecule has 19 heavy (non-hydrogen) atoms. The Balaban J connectivity index is 2.25. The van der Waals surface area contributed by atoms with Gasteiger partial charge in [0.1, 0.15) is 0 Å². The van der Waals surface area contributed by atoms with E-state index in [0.717, 1.165) is 0 Å². The van der Waals surface area contributed by atoms with Gasteiger partial charge in [0, 0.05) is 4.90 Å². The van der Waals surface area contributed by atoms with Crippen molar-refractivity contribution in [3.8, 4) is 0 Å². The van der Waals surface area contributed by atoms with E-state index >= 15 is 0 Å². The van der Waals surface area contributed by atoms with Crippen LogP contribution in [-0.4, -0.2) is 6.26 Å². The van der Waals surface area contributed by atoms with E-state index in [1.165, 1.54) is 32.0 Å². The van der Waals surface area contributed by atoms with Crippen LogP contribution in [-0.2, 0) is 0 Å². The molecular weight excluding hydrogens is 248 g/mol. The average Bonchev–Trinajstić information content (AvgIpc) is 2.43. The van der Waals surface area contributed by atoms with Crippen LogP contribution in [0, 0.1) is 0 Å². The van der Waals surface area contributed by atoms with Crippen molar-refractivity contribution in [2.24, 2.45) is 0 Å². The fourth-order valence-electron chi connectivity index (χ4n) is 2.48. The molecule has 0 nitrogen and oxygen atoms in total. The highest BCUT2D eigenvalue weighted by atomic mass is 32.2. The minimum Gasteiger partial charge on any atom is -0.130 e. The van der Waals surface area contributed by atoms with Crippen molar-refractivity contribution in [3.63, 3.8) is 0 Å². The molecule has 1 heteroatoms. The predicted molar refractivity (Wildman–Crippen MR) is 87.3 cm³/mol. The second-order valence-corrected chi connectivity index (χ2v) is 6.21. The molecule has 0 saturated heterocycles. The molecule has 3 aromatic carbocycles. The Morgan fingerprint density at radius 3 is 2.00 bits per heavy atom. The Morgan fingerprint density at radius 2 is 1.37 bits per heavy atom. The van der Waals surface area contributed by atoms with Crippen LogP contribution in [0.15, 0.2) is 53.4 Å². The Kier molecular flexibility index (Phi) is 3.24. The normalized spacial score (nSPS) is 11.6. The molecule has 3 aromatic rings. The third-order valence-electron chi connectivity index (χ3n) is 3.69. The second kappa shape index (κ2) is 4.90. The third-order valence-corrected chi connectivity index (χ3v) is 4.42. The predicted octanol–water partition coefficient (Wildman–Crippen LogP) is 5.84. The SMILES string of the molecule is CSc1ccc2cc3cc(C(C)C)ccc3cc2c1. The van der Waals surface area contributed by atoms with Crippen LogP contribution < -0.4 is 0 Å². The van der Waals surface area contributed by atoms with Gasteiger partial charge in [-0.05, 0) is 63.5 Å². The van der Waals surface area contributed by atoms with Gasteiger partial charge in [0.25, 0.3) is 0 Å². The molecule has 96 valence electrons. The summed E-state index contributed by atoms with van der Waals surface area (Å²) in [4.78, 5) is 1.32. The smallest absolute Gasteiger partial charge is 0.00755 e. The quantitative estimate of drug-likeness (QED) is 0.415. The summed E-state index contributed by atoms with van der Waals surface area (Å²) in [5, 5.41) is 5.33. The lowest BCUT2D eigenvalue weighted by Crippen LogP contribution is -1.87. The molecular formula is C18H18S. The van der Waals surface area contributed by atoms with Gasteiger partial charge in [-0.15, -0.1) is 11.8 Å². The minimum absolute atomic E-state index is 0.582. The second-order valence-electron chi connectivity index (χ2n) is 5.33. The zero-order valence-corrected chi connectivity index (χ0v) is 12.4. The fourth-order valence-corrected chi connectivity index (χ4v) is 2.93. The molecule has 0 bridgehead atoms. The van der Waals surface area contributed by atoms with E-state index in [-0.39, 0.29) is 0 Å². The molecule has 0 radical (unpaired) electrons. The molecule has 0 N–H and O–H groups in total. The Morgan fingerprint density at radius 1 is 0.737 bits per heavy atom. The molecule has 0 aromatic heterocycles. The van der Waals surface area contributed by atoms with Crippen molar-refractivity contribution in [2.75, 3.05) is 6.26 Å². The molecule has 0 unspecified atom stereocenters. The maximum absolute atomic E-state index is 2.32. The van der Waals surface area contributed by atoms with E-state index < -0.39 is 0 Å². The monoisotopic (exact) mass is 266 g/mol. The standard InChI is InChI=1S/C18H18S/c1-12(2)13-4-5-14-10-17-11-18(19-3)7-6-15(17)9-16(14)8-13/h4-12H,1-3H3. The lowest BCUT2D eigenvalue weighted by molar-refractivity contribution is 0.869. The van der Waals surface area contributed by atoms with Crippen LogP contribution in [0.3, 0.4) is 0 Å². The van der Waals surface area contributed by atoms with E-state index in [1.54, 1.807) is 11.8 Å². The van der Waals surface area contributed by atoms with Crippen molar-refractivity contribution in [1.29, 1.82) is 0 Å². The van der Waals surface area contributed by atoms with Gasteiger partial charge in [0.2, 0.25) is 0 Å². The van der Waals surface area contributed by atoms with Crippen molar-refractivity contribution >= 4 is 33.3 Å². The van der Waals surface area contributed by atoms with Gasteiger partial charge in [-0.3, -0.25) is 0 Å². The van der Waals surface area contributed by atoms with Crippen LogP contribution in [0.4, 0.5) is 0 Å². The largest absolute Gasteiger partial charge is 0.130 e. The van der Waals surface area contributed by atoms with E-state index in [9.17, 15) is 0 Å². The number of hydrogen-bond acceptors (Lipinski definition) is 1. The topological polar surface area (TPSA) is 0 Å². The van der Waals surface area contributed by atoms with E-state index in [4.69, 9.17) is 0 Å². The van der Waals surface area contributed by atoms with Gasteiger partial charge in [-0.2, -0.15) is 0 Å². The first kappa shape index (κ1) is 12.6. The molecule has 0 aliphatic heterocycles. The fraction of sp³-hybridized carbons (Fsp3) is 0.222. The zero-order chi connectivity index (χ0) is 13.4. The first-order chi connectivity index (χ1) is 9.17. The average molecular weight is 266 g/mol. The molecule has 0 fully saturated rings. The maximum atomic E-state index is 2.32. The summed E-state index contributed by atoms with van der Waals surface area (Å²) in [6.45, 7) is 4.49. The summed E-state index contributed by atoms with van der Waals surface area (Å²) in [6.07, 6.45) is 2.12. The molecule has 0 amide bonds. The van der Waals surface area contributed by atoms with Crippen LogP contribution in [0.5, 0.6) is 0 Å². The van der Waals surface area contributed by atoms with Gasteiger partial charge >= 0.3 is 0 Å². The molecule has 3 rings (SSSR count). The number of rotatable bonds is 2. The van der Waals surface area contributed by atoms with Crippen LogP contribution >= 0.6 is 11.8 Å². The zero-order valence-electron chi connectivity index (χ0n) is 11.6. The lowest BCUT2D eigenvalue weighted by Gasteiger charge is -2.09. The van der Waals surface area contributed by atoms with Crippen molar-refractivity contribution in [2.45, 2.75) is 24.7 Å². The number of fused-ring (bicyclic) bond motifs is 2. The highest BCUT2D eigenvalue weighted by molar-refractivity contribution is 7.98. The number of benzene rings is 3. The Labute approximate surface area is 118 Å². The number of thioether (sulfide) groups is 1. The minimum atomic E-state index is 0.582. The van der Waals surface area contributed by atoms with Gasteiger partial charge in [-0.25, -0.2) is 0 Å². The summed E-state index contributed by atoms with van der Waals surface area (Å²) < 4.78 is 0. The summed E-state index contributed by atoms with van der Waals surface area (Å²) in [5.41, 5.74) is 1.41. The van der Waals surface area contributed by atoms with E-state index in [1.807, 2.05) is 0 Å². The van der Waals surface area contributed by atoms with Crippen molar-refractivity contribution in [1.82, 2.24) is 0 Å².